The van der Waals surface area contributed by atoms with Gasteiger partial charge in [-0.25, -0.2) is 4.98 Å². The number of imidazole rings is 1. The average molecular weight is 153 g/mol. The Bertz CT molecular complexity index is 264. The molecule has 4 nitrogen and oxygen atoms in total. The molecule has 1 rings (SSSR count). The maximum atomic E-state index is 11.2. The van der Waals surface area contributed by atoms with Gasteiger partial charge in [-0.05, 0) is 6.92 Å². The van der Waals surface area contributed by atoms with Crippen LogP contribution in [-0.4, -0.2) is 21.4 Å². The first-order valence-corrected chi connectivity index (χ1v) is 3.40. The highest BCUT2D eigenvalue weighted by Crippen LogP contribution is 1.97. The number of carbonyl (C=O) groups excluding carboxylic acids is 1. The van der Waals surface area contributed by atoms with E-state index >= 15 is 0 Å². The van der Waals surface area contributed by atoms with Gasteiger partial charge in [0.15, 0.2) is 5.82 Å². The molecule has 11 heavy (non-hydrogen) atoms. The molecule has 0 aliphatic heterocycles. The van der Waals surface area contributed by atoms with Crippen molar-refractivity contribution < 1.29 is 4.79 Å². The zero-order chi connectivity index (χ0) is 8.43. The molecule has 60 valence electrons. The molecule has 1 atom stereocenters. The van der Waals surface area contributed by atoms with Gasteiger partial charge in [0.25, 0.3) is 0 Å². The van der Waals surface area contributed by atoms with E-state index in [1.807, 2.05) is 0 Å². The van der Waals surface area contributed by atoms with Crippen molar-refractivity contribution in [1.29, 1.82) is 0 Å². The number of hydrogen-bond acceptors (Lipinski definition) is 3. The van der Waals surface area contributed by atoms with E-state index in [2.05, 4.69) is 4.98 Å². The fraction of sp³-hybridized carbons (Fsp3) is 0.429. The fourth-order valence-electron chi connectivity index (χ4n) is 0.807. The molecule has 1 aromatic heterocycles. The van der Waals surface area contributed by atoms with Crippen molar-refractivity contribution >= 4 is 5.78 Å². The number of aromatic nitrogens is 2. The van der Waals surface area contributed by atoms with Gasteiger partial charge in [-0.15, -0.1) is 0 Å². The van der Waals surface area contributed by atoms with Gasteiger partial charge in [0.2, 0.25) is 5.78 Å². The Balaban J connectivity index is 2.93. The largest absolute Gasteiger partial charge is 0.332 e. The van der Waals surface area contributed by atoms with E-state index in [4.69, 9.17) is 5.73 Å². The van der Waals surface area contributed by atoms with Crippen molar-refractivity contribution in [2.45, 2.75) is 13.0 Å². The van der Waals surface area contributed by atoms with Gasteiger partial charge >= 0.3 is 0 Å². The average Bonchev–Trinajstić information content (AvgIpc) is 2.33. The lowest BCUT2D eigenvalue weighted by atomic mass is 10.2. The molecule has 1 heterocycles. The Labute approximate surface area is 65.0 Å². The first-order chi connectivity index (χ1) is 5.13. The van der Waals surface area contributed by atoms with Crippen LogP contribution < -0.4 is 5.73 Å². The minimum absolute atomic E-state index is 0.127. The minimum Gasteiger partial charge on any atom is -0.332 e. The molecule has 0 aliphatic rings. The van der Waals surface area contributed by atoms with E-state index in [9.17, 15) is 4.79 Å². The van der Waals surface area contributed by atoms with Crippen LogP contribution in [0.3, 0.4) is 0 Å². The second-order valence-electron chi connectivity index (χ2n) is 2.51. The summed E-state index contributed by atoms with van der Waals surface area (Å²) < 4.78 is 1.66. The van der Waals surface area contributed by atoms with E-state index in [0.717, 1.165) is 0 Å². The van der Waals surface area contributed by atoms with Crippen LogP contribution in [0.5, 0.6) is 0 Å². The molecule has 0 spiro atoms. The van der Waals surface area contributed by atoms with Crippen LogP contribution in [-0.2, 0) is 7.05 Å². The molecule has 0 aliphatic carbocycles. The molecule has 4 heteroatoms. The van der Waals surface area contributed by atoms with Gasteiger partial charge in [0.1, 0.15) is 0 Å². The number of nitrogens with zero attached hydrogens (tertiary/aromatic N) is 2. The highest BCUT2D eigenvalue weighted by molar-refractivity contribution is 5.96. The van der Waals surface area contributed by atoms with E-state index in [1.54, 1.807) is 30.9 Å². The standard InChI is InChI=1S/C7H11N3O/c1-5(8)6(11)7-9-3-4-10(7)2/h3-5H,8H2,1-2H3/t5-/m1/s1. The Morgan fingerprint density at radius 2 is 2.45 bits per heavy atom. The molecule has 0 aromatic carbocycles. The van der Waals surface area contributed by atoms with Crippen LogP contribution >= 0.6 is 0 Å². The van der Waals surface area contributed by atoms with Crippen LogP contribution in [0, 0.1) is 0 Å². The SMILES string of the molecule is C[C@@H](N)C(=O)c1nccn1C. The predicted molar refractivity (Wildman–Crippen MR) is 41.2 cm³/mol. The number of ketones is 1. The van der Waals surface area contributed by atoms with Crippen molar-refractivity contribution in [2.75, 3.05) is 0 Å². The summed E-state index contributed by atoms with van der Waals surface area (Å²) in [6, 6.07) is -0.476. The van der Waals surface area contributed by atoms with E-state index in [1.165, 1.54) is 0 Å². The summed E-state index contributed by atoms with van der Waals surface area (Å²) in [6.45, 7) is 1.65. The molecule has 2 N–H and O–H groups in total. The minimum atomic E-state index is -0.476. The van der Waals surface area contributed by atoms with Gasteiger partial charge in [0, 0.05) is 19.4 Å². The molecule has 0 amide bonds. The number of aryl methyl sites for hydroxylation is 1. The predicted octanol–water partition coefficient (Wildman–Crippen LogP) is -0.0500. The van der Waals surface area contributed by atoms with Crippen molar-refractivity contribution in [1.82, 2.24) is 9.55 Å². The van der Waals surface area contributed by atoms with Gasteiger partial charge in [-0.1, -0.05) is 0 Å². The Morgan fingerprint density at radius 1 is 1.82 bits per heavy atom. The smallest absolute Gasteiger partial charge is 0.214 e. The van der Waals surface area contributed by atoms with Crippen LogP contribution in [0.1, 0.15) is 17.5 Å². The second-order valence-corrected chi connectivity index (χ2v) is 2.51. The zero-order valence-electron chi connectivity index (χ0n) is 6.61. The summed E-state index contributed by atoms with van der Waals surface area (Å²) >= 11 is 0. The lowest BCUT2D eigenvalue weighted by Gasteiger charge is -2.02. The molecular weight excluding hydrogens is 142 g/mol. The molecule has 0 bridgehead atoms. The Kier molecular flexibility index (Phi) is 2.05. The van der Waals surface area contributed by atoms with Gasteiger partial charge in [-0.3, -0.25) is 4.79 Å². The number of Topliss-reactive ketones (excluding diaryl/α,β-unsaturated/α-hetero) is 1. The van der Waals surface area contributed by atoms with Gasteiger partial charge < -0.3 is 10.3 Å². The maximum absolute atomic E-state index is 11.2. The van der Waals surface area contributed by atoms with Gasteiger partial charge in [0.05, 0.1) is 6.04 Å². The maximum Gasteiger partial charge on any atom is 0.214 e. The Morgan fingerprint density at radius 3 is 2.82 bits per heavy atom. The van der Waals surface area contributed by atoms with Crippen molar-refractivity contribution in [3.8, 4) is 0 Å². The van der Waals surface area contributed by atoms with Crippen molar-refractivity contribution in [2.24, 2.45) is 12.8 Å². The van der Waals surface area contributed by atoms with Crippen molar-refractivity contribution in [3.05, 3.63) is 18.2 Å². The van der Waals surface area contributed by atoms with E-state index in [-0.39, 0.29) is 5.78 Å². The molecule has 1 aromatic rings. The third-order valence-electron chi connectivity index (χ3n) is 1.46. The topological polar surface area (TPSA) is 60.9 Å². The number of hydrogen-bond donors (Lipinski definition) is 1. The van der Waals surface area contributed by atoms with Gasteiger partial charge in [-0.2, -0.15) is 0 Å². The van der Waals surface area contributed by atoms with Crippen molar-refractivity contribution in [3.63, 3.8) is 0 Å². The summed E-state index contributed by atoms with van der Waals surface area (Å²) in [4.78, 5) is 15.1. The fourth-order valence-corrected chi connectivity index (χ4v) is 0.807. The summed E-state index contributed by atoms with van der Waals surface area (Å²) in [5.41, 5.74) is 5.39. The molecular formula is C7H11N3O. The monoisotopic (exact) mass is 153 g/mol. The molecule has 0 radical (unpaired) electrons. The third-order valence-corrected chi connectivity index (χ3v) is 1.46. The Hall–Kier alpha value is -1.16. The molecule has 0 saturated carbocycles. The summed E-state index contributed by atoms with van der Waals surface area (Å²) in [5.74, 6) is 0.289. The van der Waals surface area contributed by atoms with Crippen LogP contribution in [0.4, 0.5) is 0 Å². The zero-order valence-corrected chi connectivity index (χ0v) is 6.61. The normalized spacial score (nSPS) is 13.0. The molecule has 0 unspecified atom stereocenters. The number of nitrogens with two attached hydrogens (primary N) is 1. The first-order valence-electron chi connectivity index (χ1n) is 3.40. The summed E-state index contributed by atoms with van der Waals surface area (Å²) in [5, 5.41) is 0. The van der Waals surface area contributed by atoms with E-state index in [0.29, 0.717) is 5.82 Å². The molecule has 0 fully saturated rings. The third kappa shape index (κ3) is 1.46. The summed E-state index contributed by atoms with van der Waals surface area (Å²) in [6.07, 6.45) is 3.30. The highest BCUT2D eigenvalue weighted by Gasteiger charge is 2.14. The lowest BCUT2D eigenvalue weighted by Crippen LogP contribution is -2.28. The van der Waals surface area contributed by atoms with Crippen LogP contribution in [0.2, 0.25) is 0 Å². The molecule has 0 saturated heterocycles. The number of carbonyl (C=O) groups is 1. The second kappa shape index (κ2) is 2.84. The quantitative estimate of drug-likeness (QED) is 0.606. The highest BCUT2D eigenvalue weighted by atomic mass is 16.1. The summed E-state index contributed by atoms with van der Waals surface area (Å²) in [7, 11) is 1.77. The number of rotatable bonds is 2. The van der Waals surface area contributed by atoms with Crippen LogP contribution in [0.15, 0.2) is 12.4 Å². The van der Waals surface area contributed by atoms with E-state index < -0.39 is 6.04 Å². The lowest BCUT2D eigenvalue weighted by molar-refractivity contribution is 0.0955. The first kappa shape index (κ1) is 7.94. The van der Waals surface area contributed by atoms with Crippen LogP contribution in [0.25, 0.3) is 0 Å².